The minimum Gasteiger partial charge on any atom is -0.473 e. The molecule has 9 heteroatoms. The van der Waals surface area contributed by atoms with Gasteiger partial charge < -0.3 is 16.2 Å². The lowest BCUT2D eigenvalue weighted by atomic mass is 9.89. The first kappa shape index (κ1) is 24.7. The van der Waals surface area contributed by atoms with E-state index in [9.17, 15) is 12.8 Å². The molecule has 1 saturated heterocycles. The summed E-state index contributed by atoms with van der Waals surface area (Å²) >= 11 is 0. The average Bonchev–Trinajstić information content (AvgIpc) is 2.71. The van der Waals surface area contributed by atoms with Crippen molar-refractivity contribution in [3.05, 3.63) is 30.2 Å². The van der Waals surface area contributed by atoms with E-state index >= 15 is 0 Å². The van der Waals surface area contributed by atoms with Crippen LogP contribution in [0.3, 0.4) is 0 Å². The average molecular weight is 443 g/mol. The Balaban J connectivity index is 2.05. The number of ether oxygens (including phenoxy) is 1. The molecule has 2 heterocycles. The minimum atomic E-state index is -3.64. The van der Waals surface area contributed by atoms with Crippen molar-refractivity contribution >= 4 is 10.0 Å². The zero-order chi connectivity index (χ0) is 22.0. The Bertz CT molecular complexity index is 782. The zero-order valence-electron chi connectivity index (χ0n) is 17.9. The lowest BCUT2D eigenvalue weighted by molar-refractivity contribution is 0.330. The maximum absolute atomic E-state index is 13.1. The van der Waals surface area contributed by atoms with Crippen LogP contribution >= 0.6 is 0 Å². The number of rotatable bonds is 6. The van der Waals surface area contributed by atoms with Gasteiger partial charge in [-0.15, -0.1) is 0 Å². The number of hydrogen-bond acceptors (Lipinski definition) is 6. The quantitative estimate of drug-likeness (QED) is 0.700. The molecule has 1 aromatic heterocycles. The Morgan fingerprint density at radius 2 is 1.83 bits per heavy atom. The number of nitrogens with zero attached hydrogens (tertiary/aromatic N) is 2. The summed E-state index contributed by atoms with van der Waals surface area (Å²) in [5, 5.41) is 0. The van der Waals surface area contributed by atoms with Crippen molar-refractivity contribution in [3.8, 4) is 5.88 Å². The Hall–Kier alpha value is -1.55. The van der Waals surface area contributed by atoms with Gasteiger partial charge in [0.05, 0.1) is 12.5 Å². The molecule has 0 aliphatic carbocycles. The van der Waals surface area contributed by atoms with Gasteiger partial charge in [0.2, 0.25) is 15.9 Å². The van der Waals surface area contributed by atoms with Crippen molar-refractivity contribution in [2.24, 2.45) is 11.5 Å². The number of aromatic nitrogens is 1. The highest BCUT2D eigenvalue weighted by molar-refractivity contribution is 7.89. The van der Waals surface area contributed by atoms with Gasteiger partial charge in [-0.05, 0) is 38.7 Å². The summed E-state index contributed by atoms with van der Waals surface area (Å²) in [5.74, 6) is 0.220. The molecule has 1 fully saturated rings. The van der Waals surface area contributed by atoms with Crippen LogP contribution in [0.5, 0.6) is 5.88 Å². The number of pyridine rings is 1. The Morgan fingerprint density at radius 3 is 2.43 bits per heavy atom. The van der Waals surface area contributed by atoms with Crippen molar-refractivity contribution in [3.63, 3.8) is 0 Å². The normalized spacial score (nSPS) is 23.4. The summed E-state index contributed by atoms with van der Waals surface area (Å²) in [6.07, 6.45) is 9.23. The summed E-state index contributed by atoms with van der Waals surface area (Å²) in [5.41, 5.74) is 11.9. The molecule has 0 aromatic carbocycles. The fourth-order valence-electron chi connectivity index (χ4n) is 3.52. The molecule has 0 bridgehead atoms. The molecule has 1 aliphatic rings. The number of nitrogens with two attached hydrogens (primary N) is 2. The summed E-state index contributed by atoms with van der Waals surface area (Å²) in [6.45, 7) is 3.07. The Labute approximate surface area is 179 Å². The van der Waals surface area contributed by atoms with Gasteiger partial charge in [-0.2, -0.15) is 4.31 Å². The van der Waals surface area contributed by atoms with Crippen molar-refractivity contribution in [2.75, 3.05) is 26.2 Å². The SMILES string of the molecule is CC1(N)CCCCCCN(S(=O)(=O)c2ccc(OC/C(=C\F)CN)nc2)CCCC1. The Kier molecular flexibility index (Phi) is 9.67. The van der Waals surface area contributed by atoms with Gasteiger partial charge in [-0.3, -0.25) is 0 Å². The molecule has 1 aromatic rings. The molecular weight excluding hydrogens is 407 g/mol. The van der Waals surface area contributed by atoms with E-state index in [4.69, 9.17) is 16.2 Å². The molecule has 2 rings (SSSR count). The monoisotopic (exact) mass is 442 g/mol. The molecule has 0 spiro atoms. The van der Waals surface area contributed by atoms with Crippen LogP contribution in [-0.2, 0) is 10.0 Å². The second-order valence-corrected chi connectivity index (χ2v) is 10.2. The number of hydrogen-bond donors (Lipinski definition) is 2. The first-order chi connectivity index (χ1) is 14.3. The molecule has 30 heavy (non-hydrogen) atoms. The lowest BCUT2D eigenvalue weighted by Crippen LogP contribution is -2.37. The second-order valence-electron chi connectivity index (χ2n) is 8.27. The first-order valence-corrected chi connectivity index (χ1v) is 12.1. The third-order valence-corrected chi connectivity index (χ3v) is 7.36. The highest BCUT2D eigenvalue weighted by Crippen LogP contribution is 2.23. The summed E-state index contributed by atoms with van der Waals surface area (Å²) in [6, 6.07) is 2.96. The number of sulfonamides is 1. The van der Waals surface area contributed by atoms with Gasteiger partial charge in [0.25, 0.3) is 0 Å². The van der Waals surface area contributed by atoms with E-state index in [0.717, 1.165) is 51.4 Å². The van der Waals surface area contributed by atoms with Gasteiger partial charge in [0.15, 0.2) is 0 Å². The van der Waals surface area contributed by atoms with E-state index in [1.165, 1.54) is 18.3 Å². The first-order valence-electron chi connectivity index (χ1n) is 10.6. The van der Waals surface area contributed by atoms with Crippen LogP contribution in [0.15, 0.2) is 35.1 Å². The highest BCUT2D eigenvalue weighted by Gasteiger charge is 2.25. The van der Waals surface area contributed by atoms with Gasteiger partial charge in [-0.25, -0.2) is 17.8 Å². The molecule has 0 radical (unpaired) electrons. The van der Waals surface area contributed by atoms with Crippen molar-refractivity contribution in [1.82, 2.24) is 9.29 Å². The molecule has 0 amide bonds. The smallest absolute Gasteiger partial charge is 0.244 e. The predicted octanol–water partition coefficient (Wildman–Crippen LogP) is 3.12. The fourth-order valence-corrected chi connectivity index (χ4v) is 4.98. The van der Waals surface area contributed by atoms with Gasteiger partial charge in [0, 0.05) is 36.8 Å². The van der Waals surface area contributed by atoms with Gasteiger partial charge in [0.1, 0.15) is 11.5 Å². The summed E-state index contributed by atoms with van der Waals surface area (Å²) in [4.78, 5) is 4.20. The van der Waals surface area contributed by atoms with Crippen LogP contribution in [0.25, 0.3) is 0 Å². The van der Waals surface area contributed by atoms with E-state index in [2.05, 4.69) is 11.9 Å². The van der Waals surface area contributed by atoms with E-state index < -0.39 is 10.0 Å². The second kappa shape index (κ2) is 11.7. The van der Waals surface area contributed by atoms with Gasteiger partial charge in [-0.1, -0.05) is 25.7 Å². The van der Waals surface area contributed by atoms with Crippen LogP contribution in [0, 0.1) is 0 Å². The molecule has 1 aliphatic heterocycles. The zero-order valence-corrected chi connectivity index (χ0v) is 18.7. The molecule has 7 nitrogen and oxygen atoms in total. The summed E-state index contributed by atoms with van der Waals surface area (Å²) < 4.78 is 45.8. The maximum Gasteiger partial charge on any atom is 0.244 e. The van der Waals surface area contributed by atoms with Crippen LogP contribution in [-0.4, -0.2) is 49.5 Å². The van der Waals surface area contributed by atoms with E-state index in [-0.39, 0.29) is 29.5 Å². The van der Waals surface area contributed by atoms with Crippen LogP contribution in [0.4, 0.5) is 4.39 Å². The number of halogens is 1. The molecule has 170 valence electrons. The Morgan fingerprint density at radius 1 is 1.20 bits per heavy atom. The van der Waals surface area contributed by atoms with E-state index in [0.29, 0.717) is 25.0 Å². The van der Waals surface area contributed by atoms with Crippen molar-refractivity contribution in [1.29, 1.82) is 0 Å². The largest absolute Gasteiger partial charge is 0.473 e. The maximum atomic E-state index is 13.1. The van der Waals surface area contributed by atoms with Crippen molar-refractivity contribution in [2.45, 2.75) is 68.7 Å². The molecule has 1 unspecified atom stereocenters. The predicted molar refractivity (Wildman–Crippen MR) is 116 cm³/mol. The third-order valence-electron chi connectivity index (χ3n) is 5.48. The van der Waals surface area contributed by atoms with E-state index in [1.54, 1.807) is 4.31 Å². The summed E-state index contributed by atoms with van der Waals surface area (Å²) in [7, 11) is -3.64. The topological polar surface area (TPSA) is 112 Å². The van der Waals surface area contributed by atoms with Crippen LogP contribution in [0.1, 0.15) is 58.3 Å². The molecule has 1 atom stereocenters. The molecular formula is C21H35FN4O3S. The highest BCUT2D eigenvalue weighted by atomic mass is 32.2. The fraction of sp³-hybridized carbons (Fsp3) is 0.667. The van der Waals surface area contributed by atoms with Crippen LogP contribution in [0.2, 0.25) is 0 Å². The van der Waals surface area contributed by atoms with Crippen LogP contribution < -0.4 is 16.2 Å². The lowest BCUT2D eigenvalue weighted by Gasteiger charge is -2.27. The standard InChI is InChI=1S/C21H35FN4O3S/c1-21(24)10-4-2-3-6-12-26(13-7-5-11-21)30(27,28)19-8-9-20(25-16-19)29-17-18(14-22)15-23/h8-9,14,16H,2-7,10-13,15,17,23-24H2,1H3/b18-14-. The van der Waals surface area contributed by atoms with E-state index in [1.807, 2.05) is 0 Å². The molecule has 4 N–H and O–H groups in total. The van der Waals surface area contributed by atoms with Gasteiger partial charge >= 0.3 is 0 Å². The molecule has 0 saturated carbocycles. The minimum absolute atomic E-state index is 0.0295. The third kappa shape index (κ3) is 7.61. The van der Waals surface area contributed by atoms with Crippen molar-refractivity contribution < 1.29 is 17.5 Å².